The van der Waals surface area contributed by atoms with Crippen LogP contribution in [0.5, 0.6) is 0 Å². The molecule has 0 N–H and O–H groups in total. The summed E-state index contributed by atoms with van der Waals surface area (Å²) in [6, 6.07) is 29.3. The van der Waals surface area contributed by atoms with Crippen molar-refractivity contribution in [1.82, 2.24) is 0 Å². The fourth-order valence-electron chi connectivity index (χ4n) is 2.14. The van der Waals surface area contributed by atoms with Gasteiger partial charge in [0, 0.05) is 0 Å². The maximum atomic E-state index is 2.12. The summed E-state index contributed by atoms with van der Waals surface area (Å²) in [7, 11) is 0. The zero-order valence-corrected chi connectivity index (χ0v) is 14.2. The smallest absolute Gasteiger partial charge is 1.00 e. The SMILES string of the molecule is [Cl-].[Zr+3].c1ccc2[cH-]ccc2c1.c1ccc2[cH-]ccc2c1. The van der Waals surface area contributed by atoms with E-state index in [1.165, 1.54) is 21.5 Å². The molecule has 0 aliphatic carbocycles. The first-order valence-corrected chi connectivity index (χ1v) is 6.14. The van der Waals surface area contributed by atoms with E-state index >= 15 is 0 Å². The first kappa shape index (κ1) is 16.9. The molecule has 0 saturated heterocycles. The molecule has 0 atom stereocenters. The zero-order chi connectivity index (χ0) is 12.2. The number of benzene rings is 2. The topological polar surface area (TPSA) is 0 Å². The third-order valence-corrected chi connectivity index (χ3v) is 3.10. The Morgan fingerprint density at radius 3 is 1.35 bits per heavy atom. The van der Waals surface area contributed by atoms with E-state index < -0.39 is 0 Å². The molecule has 4 aromatic carbocycles. The monoisotopic (exact) mass is 355 g/mol. The summed E-state index contributed by atoms with van der Waals surface area (Å²) in [5.74, 6) is 0. The first-order valence-electron chi connectivity index (χ1n) is 6.14. The van der Waals surface area contributed by atoms with Gasteiger partial charge in [-0.05, 0) is 0 Å². The number of rotatable bonds is 0. The van der Waals surface area contributed by atoms with Crippen LogP contribution in [0.1, 0.15) is 0 Å². The van der Waals surface area contributed by atoms with Gasteiger partial charge in [0.1, 0.15) is 0 Å². The van der Waals surface area contributed by atoms with Crippen molar-refractivity contribution in [2.75, 3.05) is 0 Å². The quantitative estimate of drug-likeness (QED) is 0.423. The summed E-state index contributed by atoms with van der Waals surface area (Å²) in [6.07, 6.45) is 0. The molecule has 0 nitrogen and oxygen atoms in total. The molecule has 0 bridgehead atoms. The van der Waals surface area contributed by atoms with Gasteiger partial charge < -0.3 is 12.4 Å². The van der Waals surface area contributed by atoms with E-state index in [1.807, 2.05) is 0 Å². The molecule has 97 valence electrons. The van der Waals surface area contributed by atoms with E-state index in [4.69, 9.17) is 0 Å². The van der Waals surface area contributed by atoms with Crippen molar-refractivity contribution in [2.45, 2.75) is 0 Å². The number of fused-ring (bicyclic) bond motifs is 2. The first-order chi connectivity index (χ1) is 8.93. The Balaban J connectivity index is 0.000000182. The van der Waals surface area contributed by atoms with Gasteiger partial charge in [0.15, 0.2) is 0 Å². The van der Waals surface area contributed by atoms with Gasteiger partial charge in [-0.25, -0.2) is 0 Å². The van der Waals surface area contributed by atoms with Crippen LogP contribution in [0, 0.1) is 0 Å². The molecule has 0 unspecified atom stereocenters. The second kappa shape index (κ2) is 8.19. The minimum absolute atomic E-state index is 0. The molecule has 0 aliphatic heterocycles. The molecule has 0 fully saturated rings. The minimum Gasteiger partial charge on any atom is -1.00 e. The molecule has 0 spiro atoms. The summed E-state index contributed by atoms with van der Waals surface area (Å²) in [5.41, 5.74) is 0. The van der Waals surface area contributed by atoms with E-state index in [2.05, 4.69) is 84.9 Å². The second-order valence-corrected chi connectivity index (χ2v) is 4.31. The van der Waals surface area contributed by atoms with Crippen LogP contribution in [0.15, 0.2) is 84.9 Å². The van der Waals surface area contributed by atoms with Crippen molar-refractivity contribution in [2.24, 2.45) is 0 Å². The van der Waals surface area contributed by atoms with Gasteiger partial charge in [-0.3, -0.25) is 0 Å². The van der Waals surface area contributed by atoms with Gasteiger partial charge >= 0.3 is 26.2 Å². The Bertz CT molecular complexity index is 625. The van der Waals surface area contributed by atoms with Gasteiger partial charge in [0.05, 0.1) is 0 Å². The van der Waals surface area contributed by atoms with Crippen molar-refractivity contribution in [3.05, 3.63) is 84.9 Å². The molecular weight excluding hydrogens is 343 g/mol. The molecule has 20 heavy (non-hydrogen) atoms. The predicted molar refractivity (Wildman–Crippen MR) is 79.1 cm³/mol. The average Bonchev–Trinajstić information content (AvgIpc) is 3.08. The third-order valence-electron chi connectivity index (χ3n) is 3.10. The normalized spacial score (nSPS) is 9.20. The van der Waals surface area contributed by atoms with Crippen LogP contribution < -0.4 is 12.4 Å². The summed E-state index contributed by atoms with van der Waals surface area (Å²) in [4.78, 5) is 0. The maximum Gasteiger partial charge on any atom is 3.00 e. The van der Waals surface area contributed by atoms with Crippen LogP contribution >= 0.6 is 0 Å². The van der Waals surface area contributed by atoms with Crippen molar-refractivity contribution >= 4 is 21.5 Å². The molecule has 0 amide bonds. The van der Waals surface area contributed by atoms with E-state index in [0.717, 1.165) is 0 Å². The molecule has 4 rings (SSSR count). The van der Waals surface area contributed by atoms with Crippen LogP contribution in [0.25, 0.3) is 21.5 Å². The van der Waals surface area contributed by atoms with Crippen LogP contribution in [-0.2, 0) is 26.2 Å². The van der Waals surface area contributed by atoms with Crippen LogP contribution in [0.2, 0.25) is 0 Å². The van der Waals surface area contributed by atoms with Gasteiger partial charge in [0.2, 0.25) is 0 Å². The Morgan fingerprint density at radius 2 is 0.950 bits per heavy atom. The van der Waals surface area contributed by atoms with Crippen molar-refractivity contribution in [3.63, 3.8) is 0 Å². The average molecular weight is 357 g/mol. The number of hydrogen-bond acceptors (Lipinski definition) is 0. The summed E-state index contributed by atoms with van der Waals surface area (Å²) >= 11 is 0. The van der Waals surface area contributed by atoms with E-state index in [1.54, 1.807) is 0 Å². The fourth-order valence-corrected chi connectivity index (χ4v) is 2.14. The van der Waals surface area contributed by atoms with Crippen LogP contribution in [0.3, 0.4) is 0 Å². The van der Waals surface area contributed by atoms with Crippen LogP contribution in [-0.4, -0.2) is 0 Å². The Morgan fingerprint density at radius 1 is 0.550 bits per heavy atom. The van der Waals surface area contributed by atoms with Gasteiger partial charge in [-0.1, -0.05) is 12.1 Å². The van der Waals surface area contributed by atoms with Gasteiger partial charge in [-0.2, -0.15) is 35.0 Å². The summed E-state index contributed by atoms with van der Waals surface area (Å²) < 4.78 is 0. The minimum atomic E-state index is 0. The van der Waals surface area contributed by atoms with Crippen molar-refractivity contribution in [1.29, 1.82) is 0 Å². The number of halogens is 1. The van der Waals surface area contributed by atoms with E-state index in [9.17, 15) is 0 Å². The van der Waals surface area contributed by atoms with E-state index in [0.29, 0.717) is 0 Å². The Labute approximate surface area is 144 Å². The molecular formula is C18H14ClZr. The maximum absolute atomic E-state index is 2.12. The molecule has 0 saturated carbocycles. The standard InChI is InChI=1S/2C9H7.ClH.Zr/c2*1-2-5-9-7-3-6-8(9)4-1;;/h2*1-7H;1H;/q2*-1;;+3/p-1. The third kappa shape index (κ3) is 3.91. The molecule has 0 heterocycles. The van der Waals surface area contributed by atoms with Gasteiger partial charge in [-0.15, -0.1) is 59.3 Å². The van der Waals surface area contributed by atoms with Crippen LogP contribution in [0.4, 0.5) is 0 Å². The molecule has 0 aliphatic rings. The molecule has 1 radical (unpaired) electrons. The predicted octanol–water partition coefficient (Wildman–Crippen LogP) is 2.12. The van der Waals surface area contributed by atoms with Crippen molar-refractivity contribution in [3.8, 4) is 0 Å². The Kier molecular flexibility index (Phi) is 6.92. The molecule has 2 heteroatoms. The number of hydrogen-bond donors (Lipinski definition) is 0. The Hall–Kier alpha value is -1.17. The summed E-state index contributed by atoms with van der Waals surface area (Å²) in [6.45, 7) is 0. The molecule has 0 aromatic heterocycles. The summed E-state index contributed by atoms with van der Waals surface area (Å²) in [5, 5.41) is 5.32. The van der Waals surface area contributed by atoms with Crippen molar-refractivity contribution < 1.29 is 38.6 Å². The van der Waals surface area contributed by atoms with E-state index in [-0.39, 0.29) is 38.6 Å². The largest absolute Gasteiger partial charge is 3.00 e. The van der Waals surface area contributed by atoms with Gasteiger partial charge in [0.25, 0.3) is 0 Å². The zero-order valence-electron chi connectivity index (χ0n) is 11.0. The second-order valence-electron chi connectivity index (χ2n) is 4.31. The fraction of sp³-hybridized carbons (Fsp3) is 0. The molecule has 4 aromatic rings.